The lowest BCUT2D eigenvalue weighted by atomic mass is 9.97. The predicted molar refractivity (Wildman–Crippen MR) is 99.9 cm³/mol. The molecule has 0 bridgehead atoms. The third kappa shape index (κ3) is 2.62. The number of phenolic OH excluding ortho intramolecular Hbond substituents is 1. The molecule has 0 amide bonds. The maximum absolute atomic E-state index is 12.9. The second kappa shape index (κ2) is 5.66. The van der Waals surface area contributed by atoms with E-state index in [0.29, 0.717) is 33.6 Å². The molecule has 4 rings (SSSR count). The van der Waals surface area contributed by atoms with Crippen LogP contribution in [0.2, 0.25) is 0 Å². The molecule has 132 valence electrons. The number of fused-ring (bicyclic) bond motifs is 2. The first-order valence-electron chi connectivity index (χ1n) is 8.23. The minimum Gasteiger partial charge on any atom is -0.507 e. The first-order valence-corrected chi connectivity index (χ1v) is 8.23. The zero-order valence-corrected chi connectivity index (χ0v) is 14.7. The fourth-order valence-corrected chi connectivity index (χ4v) is 3.05. The van der Waals surface area contributed by atoms with E-state index in [0.717, 1.165) is 5.56 Å². The summed E-state index contributed by atoms with van der Waals surface area (Å²) >= 11 is 0. The van der Waals surface area contributed by atoms with Crippen molar-refractivity contribution in [1.29, 1.82) is 0 Å². The van der Waals surface area contributed by atoms with Gasteiger partial charge in [-0.1, -0.05) is 6.08 Å². The maximum atomic E-state index is 12.9. The molecule has 0 saturated heterocycles. The number of ether oxygens (including phenoxy) is 2. The zero-order valence-electron chi connectivity index (χ0n) is 14.7. The molecule has 3 aromatic rings. The van der Waals surface area contributed by atoms with Crippen molar-refractivity contribution in [2.45, 2.75) is 19.4 Å². The van der Waals surface area contributed by atoms with Crippen molar-refractivity contribution in [3.8, 4) is 28.4 Å². The fraction of sp³-hybridized carbons (Fsp3) is 0.190. The number of methoxy groups -OCH3 is 1. The molecule has 0 aliphatic carbocycles. The van der Waals surface area contributed by atoms with Gasteiger partial charge in [-0.2, -0.15) is 0 Å². The van der Waals surface area contributed by atoms with Crippen molar-refractivity contribution in [3.05, 3.63) is 58.5 Å². The largest absolute Gasteiger partial charge is 0.507 e. The summed E-state index contributed by atoms with van der Waals surface area (Å²) in [6.07, 6.45) is 5.23. The molecular formula is C21H18O5. The number of phenols is 1. The van der Waals surface area contributed by atoms with Gasteiger partial charge in [0.15, 0.2) is 0 Å². The van der Waals surface area contributed by atoms with E-state index in [1.807, 2.05) is 26.0 Å². The Labute approximate surface area is 150 Å². The minimum atomic E-state index is -0.442. The molecule has 0 radical (unpaired) electrons. The van der Waals surface area contributed by atoms with E-state index in [4.69, 9.17) is 13.9 Å². The van der Waals surface area contributed by atoms with Crippen molar-refractivity contribution in [3.63, 3.8) is 0 Å². The monoisotopic (exact) mass is 350 g/mol. The number of benzene rings is 2. The average Bonchev–Trinajstić information content (AvgIpc) is 2.61. The van der Waals surface area contributed by atoms with Gasteiger partial charge in [0, 0.05) is 23.3 Å². The van der Waals surface area contributed by atoms with Crippen molar-refractivity contribution in [1.82, 2.24) is 0 Å². The third-order valence-electron chi connectivity index (χ3n) is 4.44. The molecule has 2 aromatic carbocycles. The van der Waals surface area contributed by atoms with Crippen LogP contribution in [0.3, 0.4) is 0 Å². The summed E-state index contributed by atoms with van der Waals surface area (Å²) in [7, 11) is 1.55. The topological polar surface area (TPSA) is 68.9 Å². The van der Waals surface area contributed by atoms with Crippen LogP contribution in [0.1, 0.15) is 19.4 Å². The molecule has 26 heavy (non-hydrogen) atoms. The van der Waals surface area contributed by atoms with Crippen LogP contribution in [-0.2, 0) is 0 Å². The van der Waals surface area contributed by atoms with E-state index in [9.17, 15) is 9.90 Å². The van der Waals surface area contributed by atoms with Crippen LogP contribution < -0.4 is 14.9 Å². The highest BCUT2D eigenvalue weighted by atomic mass is 16.5. The summed E-state index contributed by atoms with van der Waals surface area (Å²) in [5, 5.41) is 10.9. The summed E-state index contributed by atoms with van der Waals surface area (Å²) < 4.78 is 16.6. The smallest absolute Gasteiger partial charge is 0.200 e. The lowest BCUT2D eigenvalue weighted by molar-refractivity contribution is 0.158. The van der Waals surface area contributed by atoms with E-state index in [2.05, 4.69) is 0 Å². The first-order chi connectivity index (χ1) is 12.4. The van der Waals surface area contributed by atoms with Gasteiger partial charge in [-0.3, -0.25) is 4.79 Å². The van der Waals surface area contributed by atoms with Crippen molar-refractivity contribution >= 4 is 17.0 Å². The van der Waals surface area contributed by atoms with Gasteiger partial charge in [0.1, 0.15) is 34.7 Å². The molecule has 0 saturated carbocycles. The van der Waals surface area contributed by atoms with Crippen LogP contribution in [-0.4, -0.2) is 17.8 Å². The Morgan fingerprint density at radius 2 is 1.92 bits per heavy atom. The van der Waals surface area contributed by atoms with Gasteiger partial charge in [-0.25, -0.2) is 0 Å². The average molecular weight is 350 g/mol. The lowest BCUT2D eigenvalue weighted by Crippen LogP contribution is -2.27. The molecule has 1 aliphatic heterocycles. The van der Waals surface area contributed by atoms with Crippen LogP contribution in [0.4, 0.5) is 0 Å². The third-order valence-corrected chi connectivity index (χ3v) is 4.44. The van der Waals surface area contributed by atoms with Crippen LogP contribution >= 0.6 is 0 Å². The van der Waals surface area contributed by atoms with Crippen LogP contribution in [0.25, 0.3) is 28.2 Å². The molecule has 2 heterocycles. The van der Waals surface area contributed by atoms with Crippen molar-refractivity contribution < 1.29 is 19.0 Å². The highest BCUT2D eigenvalue weighted by molar-refractivity contribution is 5.85. The molecule has 0 unspecified atom stereocenters. The summed E-state index contributed by atoms with van der Waals surface area (Å²) in [6.45, 7) is 3.87. The normalized spacial score (nSPS) is 14.7. The van der Waals surface area contributed by atoms with Crippen LogP contribution in [0.15, 0.2) is 51.9 Å². The van der Waals surface area contributed by atoms with Gasteiger partial charge < -0.3 is 19.0 Å². The molecular weight excluding hydrogens is 332 g/mol. The highest BCUT2D eigenvalue weighted by Crippen LogP contribution is 2.39. The zero-order chi connectivity index (χ0) is 18.5. The number of aromatic hydroxyl groups is 1. The van der Waals surface area contributed by atoms with E-state index in [-0.39, 0.29) is 11.2 Å². The Bertz CT molecular complexity index is 1110. The number of rotatable bonds is 2. The Morgan fingerprint density at radius 3 is 2.69 bits per heavy atom. The van der Waals surface area contributed by atoms with Gasteiger partial charge in [-0.05, 0) is 38.1 Å². The molecule has 0 atom stereocenters. The lowest BCUT2D eigenvalue weighted by Gasteiger charge is -2.28. The Kier molecular flexibility index (Phi) is 3.54. The molecule has 1 aliphatic rings. The van der Waals surface area contributed by atoms with Crippen molar-refractivity contribution in [2.24, 2.45) is 0 Å². The first kappa shape index (κ1) is 16.3. The van der Waals surface area contributed by atoms with E-state index in [1.165, 1.54) is 12.3 Å². The van der Waals surface area contributed by atoms with Crippen LogP contribution in [0.5, 0.6) is 17.2 Å². The maximum Gasteiger partial charge on any atom is 0.200 e. The van der Waals surface area contributed by atoms with Gasteiger partial charge in [0.05, 0.1) is 18.1 Å². The second-order valence-corrected chi connectivity index (χ2v) is 6.79. The quantitative estimate of drug-likeness (QED) is 0.744. The molecule has 0 spiro atoms. The summed E-state index contributed by atoms with van der Waals surface area (Å²) in [4.78, 5) is 12.9. The highest BCUT2D eigenvalue weighted by Gasteiger charge is 2.24. The van der Waals surface area contributed by atoms with Gasteiger partial charge in [0.25, 0.3) is 0 Å². The molecule has 5 heteroatoms. The summed E-state index contributed by atoms with van der Waals surface area (Å²) in [5.74, 6) is 1.15. The Hall–Kier alpha value is -3.21. The predicted octanol–water partition coefficient (Wildman–Crippen LogP) is 4.36. The summed E-state index contributed by atoms with van der Waals surface area (Å²) in [6, 6.07) is 8.29. The van der Waals surface area contributed by atoms with Gasteiger partial charge in [0.2, 0.25) is 5.43 Å². The Morgan fingerprint density at radius 1 is 1.12 bits per heavy atom. The van der Waals surface area contributed by atoms with Crippen molar-refractivity contribution in [2.75, 3.05) is 7.11 Å². The minimum absolute atomic E-state index is 0.0324. The van der Waals surface area contributed by atoms with Gasteiger partial charge in [-0.15, -0.1) is 0 Å². The molecule has 5 nitrogen and oxygen atoms in total. The molecule has 1 aromatic heterocycles. The van der Waals surface area contributed by atoms with E-state index in [1.54, 1.807) is 31.4 Å². The number of hydrogen-bond acceptors (Lipinski definition) is 5. The second-order valence-electron chi connectivity index (χ2n) is 6.79. The standard InChI is InChI=1S/C21H18O5/c1-21(2)7-6-12-8-15(17(22)10-18(12)26-21)16-11-25-19-9-13(24-3)4-5-14(19)20(16)23/h4-11,22H,1-3H3. The van der Waals surface area contributed by atoms with Gasteiger partial charge >= 0.3 is 0 Å². The summed E-state index contributed by atoms with van der Waals surface area (Å²) in [5.41, 5.74) is 1.27. The van der Waals surface area contributed by atoms with E-state index >= 15 is 0 Å². The fourth-order valence-electron chi connectivity index (χ4n) is 3.05. The SMILES string of the molecule is COc1ccc2c(=O)c(-c3cc4c(cc3O)OC(C)(C)C=C4)coc2c1. The Balaban J connectivity index is 1.88. The molecule has 1 N–H and O–H groups in total. The van der Waals surface area contributed by atoms with E-state index < -0.39 is 5.60 Å². The van der Waals surface area contributed by atoms with Crippen LogP contribution in [0, 0.1) is 0 Å². The number of hydrogen-bond donors (Lipinski definition) is 1. The molecule has 0 fully saturated rings.